The van der Waals surface area contributed by atoms with Gasteiger partial charge in [0.25, 0.3) is 0 Å². The number of nitrogens with zero attached hydrogens (tertiary/aromatic N) is 2. The van der Waals surface area contributed by atoms with Gasteiger partial charge in [0.15, 0.2) is 0 Å². The molecule has 0 fully saturated rings. The van der Waals surface area contributed by atoms with E-state index in [1.54, 1.807) is 30.4 Å². The molecule has 3 aromatic rings. The fourth-order valence-corrected chi connectivity index (χ4v) is 4.55. The highest BCUT2D eigenvalue weighted by Gasteiger charge is 2.25. The fraction of sp³-hybridized carbons (Fsp3) is 0.269. The largest absolute Gasteiger partial charge is 0.467 e. The summed E-state index contributed by atoms with van der Waals surface area (Å²) >= 11 is 0. The number of carbonyl (C=O) groups is 1. The van der Waals surface area contributed by atoms with E-state index < -0.39 is 10.0 Å². The van der Waals surface area contributed by atoms with Crippen LogP contribution in [0.25, 0.3) is 6.08 Å². The maximum atomic E-state index is 13.4. The van der Waals surface area contributed by atoms with Crippen molar-refractivity contribution in [2.75, 3.05) is 26.8 Å². The van der Waals surface area contributed by atoms with Crippen LogP contribution in [0.3, 0.4) is 0 Å². The van der Waals surface area contributed by atoms with Gasteiger partial charge in [-0.3, -0.25) is 4.79 Å². The van der Waals surface area contributed by atoms with E-state index in [-0.39, 0.29) is 25.5 Å². The van der Waals surface area contributed by atoms with Crippen molar-refractivity contribution in [2.24, 2.45) is 0 Å². The standard InChI is InChI=1S/C26H30N2O5S/c1-32-17-9-16-28(34(30,31)19-15-23-10-4-2-5-11-23)22-26(29)27(21-25-14-8-18-33-25)20-24-12-6-3-7-13-24/h2-8,10-15,18-19H,9,16-17,20-22H2,1H3. The zero-order valence-corrected chi connectivity index (χ0v) is 20.1. The van der Waals surface area contributed by atoms with Crippen molar-refractivity contribution in [3.05, 3.63) is 101 Å². The van der Waals surface area contributed by atoms with Crippen LogP contribution < -0.4 is 0 Å². The van der Waals surface area contributed by atoms with E-state index in [9.17, 15) is 13.2 Å². The first-order valence-electron chi connectivity index (χ1n) is 11.0. The second-order valence-electron chi connectivity index (χ2n) is 7.75. The van der Waals surface area contributed by atoms with Crippen LogP contribution in [0.5, 0.6) is 0 Å². The maximum absolute atomic E-state index is 13.4. The van der Waals surface area contributed by atoms with Crippen LogP contribution in [-0.4, -0.2) is 50.3 Å². The lowest BCUT2D eigenvalue weighted by Crippen LogP contribution is -2.42. The lowest BCUT2D eigenvalue weighted by atomic mass is 10.2. The van der Waals surface area contributed by atoms with Crippen LogP contribution in [0.15, 0.2) is 88.9 Å². The third-order valence-electron chi connectivity index (χ3n) is 5.16. The lowest BCUT2D eigenvalue weighted by molar-refractivity contribution is -0.133. The van der Waals surface area contributed by atoms with E-state index >= 15 is 0 Å². The molecule has 3 rings (SSSR count). The number of hydrogen-bond donors (Lipinski definition) is 0. The summed E-state index contributed by atoms with van der Waals surface area (Å²) in [6, 6.07) is 22.3. The first-order valence-corrected chi connectivity index (χ1v) is 12.5. The summed E-state index contributed by atoms with van der Waals surface area (Å²) < 4.78 is 38.0. The molecule has 1 amide bonds. The van der Waals surface area contributed by atoms with Gasteiger partial charge >= 0.3 is 0 Å². The summed E-state index contributed by atoms with van der Waals surface area (Å²) in [4.78, 5) is 15.0. The molecular weight excluding hydrogens is 452 g/mol. The number of hydrogen-bond acceptors (Lipinski definition) is 5. The minimum Gasteiger partial charge on any atom is -0.467 e. The summed E-state index contributed by atoms with van der Waals surface area (Å²) in [5, 5.41) is 1.15. The topological polar surface area (TPSA) is 80.1 Å². The zero-order chi connectivity index (χ0) is 24.2. The molecule has 0 aliphatic carbocycles. The number of rotatable bonds is 13. The van der Waals surface area contributed by atoms with Crippen LogP contribution in [-0.2, 0) is 32.6 Å². The predicted octanol–water partition coefficient (Wildman–Crippen LogP) is 4.15. The third kappa shape index (κ3) is 7.98. The van der Waals surface area contributed by atoms with Crippen LogP contribution in [0.2, 0.25) is 0 Å². The molecule has 8 heteroatoms. The normalized spacial score (nSPS) is 11.8. The minimum absolute atomic E-state index is 0.168. The highest BCUT2D eigenvalue weighted by atomic mass is 32.2. The number of ether oxygens (including phenoxy) is 1. The van der Waals surface area contributed by atoms with Gasteiger partial charge in [0.1, 0.15) is 5.76 Å². The predicted molar refractivity (Wildman–Crippen MR) is 132 cm³/mol. The van der Waals surface area contributed by atoms with E-state index in [0.717, 1.165) is 16.5 Å². The molecule has 180 valence electrons. The molecule has 0 saturated carbocycles. The minimum atomic E-state index is -3.84. The molecule has 0 atom stereocenters. The third-order valence-corrected chi connectivity index (χ3v) is 6.67. The number of methoxy groups -OCH3 is 1. The first kappa shape index (κ1) is 25.4. The molecule has 1 aromatic heterocycles. The van der Waals surface area contributed by atoms with Gasteiger partial charge in [-0.2, -0.15) is 4.31 Å². The van der Waals surface area contributed by atoms with Crippen molar-refractivity contribution in [3.63, 3.8) is 0 Å². The molecule has 34 heavy (non-hydrogen) atoms. The molecular formula is C26H30N2O5S. The highest BCUT2D eigenvalue weighted by Crippen LogP contribution is 2.14. The Labute approximate surface area is 201 Å². The van der Waals surface area contributed by atoms with E-state index in [2.05, 4.69) is 0 Å². The quantitative estimate of drug-likeness (QED) is 0.342. The molecule has 0 aliphatic heterocycles. The Hall–Kier alpha value is -3.20. The van der Waals surface area contributed by atoms with Crippen molar-refractivity contribution in [3.8, 4) is 0 Å². The van der Waals surface area contributed by atoms with Crippen molar-refractivity contribution in [2.45, 2.75) is 19.5 Å². The molecule has 0 bridgehead atoms. The van der Waals surface area contributed by atoms with Crippen LogP contribution >= 0.6 is 0 Å². The van der Waals surface area contributed by atoms with Crippen molar-refractivity contribution >= 4 is 22.0 Å². The second kappa shape index (κ2) is 12.9. The van der Waals surface area contributed by atoms with Gasteiger partial charge in [-0.1, -0.05) is 60.7 Å². The average Bonchev–Trinajstić information content (AvgIpc) is 3.36. The van der Waals surface area contributed by atoms with Gasteiger partial charge in [0.05, 0.1) is 19.4 Å². The Balaban J connectivity index is 1.79. The van der Waals surface area contributed by atoms with Gasteiger partial charge in [0, 0.05) is 32.2 Å². The smallest absolute Gasteiger partial charge is 0.238 e. The van der Waals surface area contributed by atoms with E-state index in [1.807, 2.05) is 60.7 Å². The van der Waals surface area contributed by atoms with Gasteiger partial charge in [-0.15, -0.1) is 0 Å². The number of carbonyl (C=O) groups excluding carboxylic acids is 1. The molecule has 0 N–H and O–H groups in total. The Morgan fingerprint density at radius 3 is 2.32 bits per heavy atom. The summed E-state index contributed by atoms with van der Waals surface area (Å²) in [6.45, 7) is 0.862. The molecule has 2 aromatic carbocycles. The Kier molecular flexibility index (Phi) is 9.63. The number of benzene rings is 2. The molecule has 0 aliphatic rings. The number of furan rings is 1. The first-order chi connectivity index (χ1) is 16.5. The average molecular weight is 483 g/mol. The Bertz CT molecular complexity index is 1130. The van der Waals surface area contributed by atoms with Crippen LogP contribution in [0, 0.1) is 0 Å². The lowest BCUT2D eigenvalue weighted by Gasteiger charge is -2.26. The van der Waals surface area contributed by atoms with Crippen LogP contribution in [0.1, 0.15) is 23.3 Å². The van der Waals surface area contributed by atoms with Gasteiger partial charge < -0.3 is 14.1 Å². The monoisotopic (exact) mass is 482 g/mol. The number of amides is 1. The molecule has 0 radical (unpaired) electrons. The molecule has 0 unspecified atom stereocenters. The van der Waals surface area contributed by atoms with Gasteiger partial charge in [0.2, 0.25) is 15.9 Å². The SMILES string of the molecule is COCCCN(CC(=O)N(Cc1ccccc1)Cc1ccco1)S(=O)(=O)C=Cc1ccccc1. The van der Waals surface area contributed by atoms with E-state index in [1.165, 1.54) is 10.4 Å². The van der Waals surface area contributed by atoms with E-state index in [4.69, 9.17) is 9.15 Å². The summed E-state index contributed by atoms with van der Waals surface area (Å²) in [5.74, 6) is 0.316. The summed E-state index contributed by atoms with van der Waals surface area (Å²) in [6.07, 6.45) is 3.56. The van der Waals surface area contributed by atoms with E-state index in [0.29, 0.717) is 25.3 Å². The maximum Gasteiger partial charge on any atom is 0.238 e. The van der Waals surface area contributed by atoms with Crippen LogP contribution in [0.4, 0.5) is 0 Å². The van der Waals surface area contributed by atoms with Gasteiger partial charge in [-0.25, -0.2) is 8.42 Å². The Morgan fingerprint density at radius 2 is 1.68 bits per heavy atom. The molecule has 7 nitrogen and oxygen atoms in total. The van der Waals surface area contributed by atoms with Crippen molar-refractivity contribution in [1.82, 2.24) is 9.21 Å². The summed E-state index contributed by atoms with van der Waals surface area (Å²) in [5.41, 5.74) is 1.71. The number of sulfonamides is 1. The summed E-state index contributed by atoms with van der Waals surface area (Å²) in [7, 11) is -2.28. The van der Waals surface area contributed by atoms with Gasteiger partial charge in [-0.05, 0) is 35.8 Å². The Morgan fingerprint density at radius 1 is 0.971 bits per heavy atom. The van der Waals surface area contributed by atoms with Crippen molar-refractivity contribution in [1.29, 1.82) is 0 Å². The molecule has 0 spiro atoms. The van der Waals surface area contributed by atoms with Crippen molar-refractivity contribution < 1.29 is 22.4 Å². The zero-order valence-electron chi connectivity index (χ0n) is 19.2. The molecule has 1 heterocycles. The molecule has 0 saturated heterocycles. The fourth-order valence-electron chi connectivity index (χ4n) is 3.37. The highest BCUT2D eigenvalue weighted by molar-refractivity contribution is 7.92. The second-order valence-corrected chi connectivity index (χ2v) is 9.57.